The van der Waals surface area contributed by atoms with Gasteiger partial charge in [0.05, 0.1) is 0 Å². The summed E-state index contributed by atoms with van der Waals surface area (Å²) in [6.45, 7) is 11.8. The first kappa shape index (κ1) is 13.8. The average Bonchev–Trinajstić information content (AvgIpc) is 2.31. The lowest BCUT2D eigenvalue weighted by molar-refractivity contribution is -0.134. The molecule has 2 rings (SSSR count). The number of hydrogen-bond donors (Lipinski definition) is 1. The number of piperazine rings is 1. The molecule has 0 radical (unpaired) electrons. The standard InChI is InChI=1S/C14H27N3O/c1-12(2)3-4-16-5-7-17(8-6-16)14(18)9-13-10-15-11-13/h12-13,15H,3-11H2,1-2H3. The van der Waals surface area contributed by atoms with E-state index in [1.54, 1.807) is 0 Å². The monoisotopic (exact) mass is 253 g/mol. The Morgan fingerprint density at radius 2 is 1.89 bits per heavy atom. The fourth-order valence-electron chi connectivity index (χ4n) is 2.53. The fraction of sp³-hybridized carbons (Fsp3) is 0.929. The molecule has 0 spiro atoms. The lowest BCUT2D eigenvalue weighted by atomic mass is 9.98. The summed E-state index contributed by atoms with van der Waals surface area (Å²) in [5.41, 5.74) is 0. The first-order valence-corrected chi connectivity index (χ1v) is 7.36. The second kappa shape index (κ2) is 6.53. The number of hydrogen-bond acceptors (Lipinski definition) is 3. The van der Waals surface area contributed by atoms with Crippen LogP contribution in [0.15, 0.2) is 0 Å². The molecule has 0 aromatic heterocycles. The first-order valence-electron chi connectivity index (χ1n) is 7.36. The normalized spacial score (nSPS) is 22.3. The van der Waals surface area contributed by atoms with Gasteiger partial charge >= 0.3 is 0 Å². The van der Waals surface area contributed by atoms with Gasteiger partial charge in [-0.2, -0.15) is 0 Å². The van der Waals surface area contributed by atoms with Crippen molar-refractivity contribution in [3.05, 3.63) is 0 Å². The molecule has 0 aromatic carbocycles. The van der Waals surface area contributed by atoms with Crippen LogP contribution < -0.4 is 5.32 Å². The van der Waals surface area contributed by atoms with Gasteiger partial charge in [-0.1, -0.05) is 13.8 Å². The molecule has 2 heterocycles. The lowest BCUT2D eigenvalue weighted by Gasteiger charge is -2.36. The van der Waals surface area contributed by atoms with E-state index in [2.05, 4.69) is 29.0 Å². The minimum Gasteiger partial charge on any atom is -0.340 e. The van der Waals surface area contributed by atoms with Crippen molar-refractivity contribution < 1.29 is 4.79 Å². The van der Waals surface area contributed by atoms with Gasteiger partial charge in [0, 0.05) is 32.6 Å². The SMILES string of the molecule is CC(C)CCN1CCN(C(=O)CC2CNC2)CC1. The van der Waals surface area contributed by atoms with E-state index < -0.39 is 0 Å². The Bertz CT molecular complexity index is 268. The molecule has 1 amide bonds. The molecular weight excluding hydrogens is 226 g/mol. The number of carbonyl (C=O) groups excluding carboxylic acids is 1. The molecular formula is C14H27N3O. The molecule has 0 saturated carbocycles. The van der Waals surface area contributed by atoms with Gasteiger partial charge in [-0.05, 0) is 37.9 Å². The van der Waals surface area contributed by atoms with Crippen molar-refractivity contribution >= 4 is 5.91 Å². The quantitative estimate of drug-likeness (QED) is 0.787. The highest BCUT2D eigenvalue weighted by Crippen LogP contribution is 2.13. The predicted molar refractivity (Wildman–Crippen MR) is 73.5 cm³/mol. The topological polar surface area (TPSA) is 35.6 Å². The van der Waals surface area contributed by atoms with Crippen molar-refractivity contribution in [3.63, 3.8) is 0 Å². The van der Waals surface area contributed by atoms with E-state index in [-0.39, 0.29) is 0 Å². The largest absolute Gasteiger partial charge is 0.340 e. The van der Waals surface area contributed by atoms with Crippen LogP contribution in [0.2, 0.25) is 0 Å². The summed E-state index contributed by atoms with van der Waals surface area (Å²) in [6.07, 6.45) is 2.01. The molecule has 2 aliphatic rings. The maximum Gasteiger partial charge on any atom is 0.223 e. The van der Waals surface area contributed by atoms with Crippen LogP contribution in [0.25, 0.3) is 0 Å². The van der Waals surface area contributed by atoms with Crippen molar-refractivity contribution in [1.82, 2.24) is 15.1 Å². The number of nitrogens with zero attached hydrogens (tertiary/aromatic N) is 2. The van der Waals surface area contributed by atoms with Crippen LogP contribution in [0, 0.1) is 11.8 Å². The molecule has 0 unspecified atom stereocenters. The van der Waals surface area contributed by atoms with Gasteiger partial charge in [-0.3, -0.25) is 9.69 Å². The van der Waals surface area contributed by atoms with Crippen molar-refractivity contribution in [2.75, 3.05) is 45.8 Å². The Balaban J connectivity index is 1.64. The molecule has 0 atom stereocenters. The maximum absolute atomic E-state index is 12.1. The van der Waals surface area contributed by atoms with Crippen molar-refractivity contribution in [2.24, 2.45) is 11.8 Å². The van der Waals surface area contributed by atoms with Crippen molar-refractivity contribution in [3.8, 4) is 0 Å². The molecule has 104 valence electrons. The molecule has 0 aliphatic carbocycles. The van der Waals surface area contributed by atoms with Crippen LogP contribution >= 0.6 is 0 Å². The third-order valence-electron chi connectivity index (χ3n) is 4.08. The van der Waals surface area contributed by atoms with Gasteiger partial charge in [0.15, 0.2) is 0 Å². The van der Waals surface area contributed by atoms with Crippen molar-refractivity contribution in [1.29, 1.82) is 0 Å². The Morgan fingerprint density at radius 1 is 1.22 bits per heavy atom. The predicted octanol–water partition coefficient (Wildman–Crippen LogP) is 0.786. The molecule has 2 fully saturated rings. The van der Waals surface area contributed by atoms with Gasteiger partial charge in [0.1, 0.15) is 0 Å². The van der Waals surface area contributed by atoms with E-state index in [0.29, 0.717) is 11.8 Å². The number of rotatable bonds is 5. The maximum atomic E-state index is 12.1. The van der Waals surface area contributed by atoms with Crippen LogP contribution in [0.5, 0.6) is 0 Å². The fourth-order valence-corrected chi connectivity index (χ4v) is 2.53. The minimum absolute atomic E-state index is 0.366. The summed E-state index contributed by atoms with van der Waals surface area (Å²) in [7, 11) is 0. The Hall–Kier alpha value is -0.610. The highest BCUT2D eigenvalue weighted by Gasteiger charge is 2.25. The summed E-state index contributed by atoms with van der Waals surface area (Å²) in [5.74, 6) is 1.73. The zero-order chi connectivity index (χ0) is 13.0. The summed E-state index contributed by atoms with van der Waals surface area (Å²) >= 11 is 0. The van der Waals surface area contributed by atoms with Crippen LogP contribution in [0.3, 0.4) is 0 Å². The van der Waals surface area contributed by atoms with E-state index in [0.717, 1.165) is 51.6 Å². The van der Waals surface area contributed by atoms with Crippen LogP contribution in [-0.2, 0) is 4.79 Å². The third-order valence-corrected chi connectivity index (χ3v) is 4.08. The molecule has 4 nitrogen and oxygen atoms in total. The van der Waals surface area contributed by atoms with Crippen LogP contribution in [0.4, 0.5) is 0 Å². The lowest BCUT2D eigenvalue weighted by Crippen LogP contribution is -2.51. The molecule has 0 bridgehead atoms. The molecule has 0 aromatic rings. The Kier molecular flexibility index (Phi) is 5.01. The highest BCUT2D eigenvalue weighted by atomic mass is 16.2. The Morgan fingerprint density at radius 3 is 2.39 bits per heavy atom. The van der Waals surface area contributed by atoms with Gasteiger partial charge in [0.2, 0.25) is 5.91 Å². The van der Waals surface area contributed by atoms with Crippen LogP contribution in [0.1, 0.15) is 26.7 Å². The van der Waals surface area contributed by atoms with E-state index in [1.165, 1.54) is 13.0 Å². The summed E-state index contributed by atoms with van der Waals surface area (Å²) in [5, 5.41) is 3.22. The average molecular weight is 253 g/mol. The number of amides is 1. The minimum atomic E-state index is 0.366. The van der Waals surface area contributed by atoms with Gasteiger partial charge in [-0.15, -0.1) is 0 Å². The van der Waals surface area contributed by atoms with E-state index in [9.17, 15) is 4.79 Å². The smallest absolute Gasteiger partial charge is 0.223 e. The zero-order valence-electron chi connectivity index (χ0n) is 11.8. The van der Waals surface area contributed by atoms with E-state index in [4.69, 9.17) is 0 Å². The molecule has 4 heteroatoms. The van der Waals surface area contributed by atoms with E-state index in [1.807, 2.05) is 0 Å². The highest BCUT2D eigenvalue weighted by molar-refractivity contribution is 5.76. The van der Waals surface area contributed by atoms with E-state index >= 15 is 0 Å². The zero-order valence-corrected chi connectivity index (χ0v) is 11.8. The Labute approximate surface area is 111 Å². The number of nitrogens with one attached hydrogen (secondary N) is 1. The van der Waals surface area contributed by atoms with Crippen LogP contribution in [-0.4, -0.2) is 61.5 Å². The summed E-state index contributed by atoms with van der Waals surface area (Å²) in [4.78, 5) is 16.6. The number of carbonyl (C=O) groups is 1. The first-order chi connectivity index (χ1) is 8.65. The molecule has 1 N–H and O–H groups in total. The van der Waals surface area contributed by atoms with Gasteiger partial charge in [-0.25, -0.2) is 0 Å². The molecule has 2 aliphatic heterocycles. The second-order valence-corrected chi connectivity index (χ2v) is 6.13. The molecule has 18 heavy (non-hydrogen) atoms. The third kappa shape index (κ3) is 3.95. The summed E-state index contributed by atoms with van der Waals surface area (Å²) in [6, 6.07) is 0. The van der Waals surface area contributed by atoms with Crippen molar-refractivity contribution in [2.45, 2.75) is 26.7 Å². The molecule has 2 saturated heterocycles. The summed E-state index contributed by atoms with van der Waals surface area (Å²) < 4.78 is 0. The van der Waals surface area contributed by atoms with Gasteiger partial charge in [0.25, 0.3) is 0 Å². The second-order valence-electron chi connectivity index (χ2n) is 6.13. The van der Waals surface area contributed by atoms with Gasteiger partial charge < -0.3 is 10.2 Å².